The molecule has 6 heteroatoms. The van der Waals surface area contributed by atoms with Crippen LogP contribution in [0.4, 0.5) is 0 Å². The van der Waals surface area contributed by atoms with Crippen LogP contribution in [0.3, 0.4) is 0 Å². The van der Waals surface area contributed by atoms with Crippen LogP contribution in [-0.2, 0) is 0 Å². The van der Waals surface area contributed by atoms with Gasteiger partial charge in [-0.2, -0.15) is 0 Å². The molecule has 1 aromatic heterocycles. The first-order valence-electron chi connectivity index (χ1n) is 6.41. The minimum Gasteiger partial charge on any atom is -0.296 e. The number of rotatable bonds is 4. The Hall–Kier alpha value is -1.75. The Morgan fingerprint density at radius 2 is 1.68 bits per heavy atom. The van der Waals surface area contributed by atoms with Gasteiger partial charge in [0, 0.05) is 15.6 Å². The maximum atomic E-state index is 11.4. The number of aromatic nitrogens is 2. The lowest BCUT2D eigenvalue weighted by Gasteiger charge is -2.09. The maximum absolute atomic E-state index is 11.4. The smallest absolute Gasteiger partial charge is 0.179 e. The summed E-state index contributed by atoms with van der Waals surface area (Å²) in [6, 6.07) is 16.9. The lowest BCUT2D eigenvalue weighted by Crippen LogP contribution is -2.00. The molecule has 1 heterocycles. The first-order valence-corrected chi connectivity index (χ1v) is 7.98. The van der Waals surface area contributed by atoms with Gasteiger partial charge in [-0.3, -0.25) is 9.36 Å². The third-order valence-electron chi connectivity index (χ3n) is 2.99. The number of carbonyl (C=O) groups is 1. The number of hydrogen-bond acceptors (Lipinski definition) is 3. The molecule has 0 aliphatic carbocycles. The maximum Gasteiger partial charge on any atom is 0.179 e. The Bertz CT molecular complexity index is 801. The van der Waals surface area contributed by atoms with Crippen LogP contribution in [-0.4, -0.2) is 15.8 Å². The van der Waals surface area contributed by atoms with Gasteiger partial charge in [0.25, 0.3) is 0 Å². The highest BCUT2D eigenvalue weighted by atomic mass is 35.5. The van der Waals surface area contributed by atoms with Crippen LogP contribution in [0, 0.1) is 0 Å². The molecule has 0 spiro atoms. The molecule has 0 atom stereocenters. The van der Waals surface area contributed by atoms with Crippen molar-refractivity contribution in [2.24, 2.45) is 0 Å². The van der Waals surface area contributed by atoms with E-state index < -0.39 is 0 Å². The van der Waals surface area contributed by atoms with Crippen LogP contribution in [0.2, 0.25) is 10.2 Å². The summed E-state index contributed by atoms with van der Waals surface area (Å²) in [6.07, 6.45) is 0.717. The van der Waals surface area contributed by atoms with E-state index in [2.05, 4.69) is 4.98 Å². The minimum absolute atomic E-state index is 0.190. The van der Waals surface area contributed by atoms with Crippen LogP contribution >= 0.6 is 35.0 Å². The largest absolute Gasteiger partial charge is 0.296 e. The predicted molar refractivity (Wildman–Crippen MR) is 89.5 cm³/mol. The highest BCUT2D eigenvalue weighted by Crippen LogP contribution is 2.33. The number of carbonyl (C=O) groups excluding carboxylic acids is 1. The molecular weight excluding hydrogens is 339 g/mol. The van der Waals surface area contributed by atoms with Gasteiger partial charge in [-0.15, -0.1) is 0 Å². The van der Waals surface area contributed by atoms with E-state index in [0.29, 0.717) is 22.2 Å². The Labute approximate surface area is 141 Å². The number of hydrogen-bond donors (Lipinski definition) is 0. The van der Waals surface area contributed by atoms with Crippen molar-refractivity contribution in [3.8, 4) is 5.69 Å². The summed E-state index contributed by atoms with van der Waals surface area (Å²) in [4.78, 5) is 16.6. The molecule has 2 aromatic carbocycles. The van der Waals surface area contributed by atoms with E-state index in [-0.39, 0.29) is 5.15 Å². The van der Waals surface area contributed by atoms with Crippen molar-refractivity contribution >= 4 is 41.2 Å². The summed E-state index contributed by atoms with van der Waals surface area (Å²) in [7, 11) is 0. The Morgan fingerprint density at radius 3 is 2.32 bits per heavy atom. The molecule has 0 aliphatic heterocycles. The van der Waals surface area contributed by atoms with Crippen molar-refractivity contribution in [2.45, 2.75) is 10.1 Å². The van der Waals surface area contributed by atoms with E-state index in [1.807, 2.05) is 54.6 Å². The Kier molecular flexibility index (Phi) is 4.52. The fraction of sp³-hybridized carbons (Fsp3) is 0. The topological polar surface area (TPSA) is 34.9 Å². The van der Waals surface area contributed by atoms with Gasteiger partial charge >= 0.3 is 0 Å². The summed E-state index contributed by atoms with van der Waals surface area (Å²) in [5.41, 5.74) is 1.17. The van der Waals surface area contributed by atoms with Crippen molar-refractivity contribution in [3.63, 3.8) is 0 Å². The molecule has 0 saturated heterocycles. The first-order chi connectivity index (χ1) is 10.7. The average molecular weight is 349 g/mol. The molecule has 0 fully saturated rings. The van der Waals surface area contributed by atoms with Crippen molar-refractivity contribution in [3.05, 3.63) is 70.5 Å². The second-order valence-electron chi connectivity index (χ2n) is 4.42. The molecule has 0 unspecified atom stereocenters. The second kappa shape index (κ2) is 6.57. The molecule has 0 saturated carbocycles. The SMILES string of the molecule is O=Cc1c(Cl)nc(Sc2ccc(Cl)cc2)n1-c1ccccc1. The van der Waals surface area contributed by atoms with Gasteiger partial charge in [0.2, 0.25) is 0 Å². The zero-order chi connectivity index (χ0) is 15.5. The fourth-order valence-corrected chi connectivity index (χ4v) is 3.29. The van der Waals surface area contributed by atoms with E-state index in [4.69, 9.17) is 23.2 Å². The summed E-state index contributed by atoms with van der Waals surface area (Å²) in [5, 5.41) is 1.48. The van der Waals surface area contributed by atoms with Crippen molar-refractivity contribution in [2.75, 3.05) is 0 Å². The number of nitrogens with zero attached hydrogens (tertiary/aromatic N) is 2. The van der Waals surface area contributed by atoms with Crippen LogP contribution in [0.5, 0.6) is 0 Å². The zero-order valence-corrected chi connectivity index (χ0v) is 13.6. The Morgan fingerprint density at radius 1 is 1.00 bits per heavy atom. The van der Waals surface area contributed by atoms with Crippen molar-refractivity contribution in [1.29, 1.82) is 0 Å². The predicted octanol–water partition coefficient (Wildman–Crippen LogP) is 5.14. The third kappa shape index (κ3) is 3.04. The summed E-state index contributed by atoms with van der Waals surface area (Å²) >= 11 is 13.4. The average Bonchev–Trinajstić information content (AvgIpc) is 2.85. The van der Waals surface area contributed by atoms with E-state index in [9.17, 15) is 4.79 Å². The van der Waals surface area contributed by atoms with E-state index >= 15 is 0 Å². The molecule has 0 aliphatic rings. The van der Waals surface area contributed by atoms with Gasteiger partial charge in [-0.25, -0.2) is 4.98 Å². The molecule has 0 bridgehead atoms. The van der Waals surface area contributed by atoms with Gasteiger partial charge < -0.3 is 0 Å². The molecule has 22 heavy (non-hydrogen) atoms. The van der Waals surface area contributed by atoms with Gasteiger partial charge in [-0.1, -0.05) is 53.2 Å². The highest BCUT2D eigenvalue weighted by Gasteiger charge is 2.17. The van der Waals surface area contributed by atoms with Crippen LogP contribution < -0.4 is 0 Å². The number of para-hydroxylation sites is 1. The summed E-state index contributed by atoms with van der Waals surface area (Å²) in [6.45, 7) is 0. The number of aldehydes is 1. The molecule has 0 N–H and O–H groups in total. The van der Waals surface area contributed by atoms with Crippen LogP contribution in [0.15, 0.2) is 64.6 Å². The van der Waals surface area contributed by atoms with Gasteiger partial charge in [0.1, 0.15) is 5.69 Å². The molecular formula is C16H10Cl2N2OS. The molecule has 3 rings (SSSR count). The minimum atomic E-state index is 0.190. The molecule has 0 amide bonds. The second-order valence-corrected chi connectivity index (χ2v) is 6.25. The lowest BCUT2D eigenvalue weighted by atomic mass is 10.3. The quantitative estimate of drug-likeness (QED) is 0.612. The van der Waals surface area contributed by atoms with E-state index in [0.717, 1.165) is 10.6 Å². The standard InChI is InChI=1S/C16H10Cl2N2OS/c17-11-6-8-13(9-7-11)22-16-19-15(18)14(10-21)20(16)12-4-2-1-3-5-12/h1-10H. The van der Waals surface area contributed by atoms with Gasteiger partial charge in [-0.05, 0) is 36.4 Å². The Balaban J connectivity index is 2.08. The summed E-state index contributed by atoms with van der Waals surface area (Å²) in [5.74, 6) is 0. The monoisotopic (exact) mass is 348 g/mol. The zero-order valence-electron chi connectivity index (χ0n) is 11.2. The van der Waals surface area contributed by atoms with Gasteiger partial charge in [0.05, 0.1) is 0 Å². The summed E-state index contributed by atoms with van der Waals surface area (Å²) < 4.78 is 1.74. The third-order valence-corrected chi connectivity index (χ3v) is 4.48. The molecule has 110 valence electrons. The first kappa shape index (κ1) is 15.2. The molecule has 3 nitrogen and oxygen atoms in total. The van der Waals surface area contributed by atoms with E-state index in [1.54, 1.807) is 4.57 Å². The fourth-order valence-electron chi connectivity index (χ4n) is 1.99. The number of imidazole rings is 1. The molecule has 3 aromatic rings. The number of benzene rings is 2. The van der Waals surface area contributed by atoms with Crippen molar-refractivity contribution in [1.82, 2.24) is 9.55 Å². The molecule has 0 radical (unpaired) electrons. The van der Waals surface area contributed by atoms with Crippen LogP contribution in [0.25, 0.3) is 5.69 Å². The van der Waals surface area contributed by atoms with E-state index in [1.165, 1.54) is 11.8 Å². The van der Waals surface area contributed by atoms with Crippen LogP contribution in [0.1, 0.15) is 10.5 Å². The highest BCUT2D eigenvalue weighted by molar-refractivity contribution is 7.99. The van der Waals surface area contributed by atoms with Crippen molar-refractivity contribution < 1.29 is 4.79 Å². The number of halogens is 2. The van der Waals surface area contributed by atoms with Gasteiger partial charge in [0.15, 0.2) is 16.6 Å². The normalized spacial score (nSPS) is 10.6. The lowest BCUT2D eigenvalue weighted by molar-refractivity contribution is 0.111.